The molecule has 2 aliphatic heterocycles. The van der Waals surface area contributed by atoms with Gasteiger partial charge in [0.15, 0.2) is 0 Å². The zero-order chi connectivity index (χ0) is 26.1. The fourth-order valence-corrected chi connectivity index (χ4v) is 5.42. The number of hydrogen-bond donors (Lipinski definition) is 2. The van der Waals surface area contributed by atoms with Gasteiger partial charge in [0, 0.05) is 37.4 Å². The lowest BCUT2D eigenvalue weighted by Gasteiger charge is -2.31. The lowest BCUT2D eigenvalue weighted by molar-refractivity contribution is 0.0779. The smallest absolute Gasteiger partial charge is 0.150 e. The van der Waals surface area contributed by atoms with E-state index in [4.69, 9.17) is 14.2 Å². The first-order chi connectivity index (χ1) is 17.8. The monoisotopic (exact) mass is 501 g/mol. The molecular weight excluding hydrogens is 466 g/mol. The number of likely N-dealkylation sites (tertiary alicyclic amines) is 1. The van der Waals surface area contributed by atoms with Crippen molar-refractivity contribution in [3.05, 3.63) is 83.4 Å². The standard InChI is InChI=1S/C31H35NO5/c1-19-16-32(17-29(19)35-4)20(2)18-36-26-11-8-22(9-12-26)31-30(23-6-5-7-24(33)14-23)21(3)27-15-25(34)10-13-28(27)37-31/h5-15,19-20,29,31,33-34H,16-18H2,1-4H3. The van der Waals surface area contributed by atoms with Crippen LogP contribution in [0.3, 0.4) is 0 Å². The summed E-state index contributed by atoms with van der Waals surface area (Å²) in [5.41, 5.74) is 4.65. The van der Waals surface area contributed by atoms with Gasteiger partial charge in [-0.2, -0.15) is 0 Å². The third-order valence-electron chi connectivity index (χ3n) is 7.61. The number of fused-ring (bicyclic) bond motifs is 1. The first kappa shape index (κ1) is 25.2. The molecule has 0 bridgehead atoms. The molecule has 4 unspecified atom stereocenters. The summed E-state index contributed by atoms with van der Waals surface area (Å²) in [4.78, 5) is 2.42. The maximum absolute atomic E-state index is 10.2. The molecule has 0 aromatic heterocycles. The van der Waals surface area contributed by atoms with E-state index < -0.39 is 0 Å². The summed E-state index contributed by atoms with van der Waals surface area (Å²) in [6, 6.07) is 20.7. The first-order valence-corrected chi connectivity index (χ1v) is 12.8. The van der Waals surface area contributed by atoms with E-state index in [-0.39, 0.29) is 23.7 Å². The van der Waals surface area contributed by atoms with Gasteiger partial charge >= 0.3 is 0 Å². The molecule has 4 atom stereocenters. The van der Waals surface area contributed by atoms with Gasteiger partial charge in [-0.25, -0.2) is 0 Å². The van der Waals surface area contributed by atoms with Gasteiger partial charge < -0.3 is 24.4 Å². The minimum Gasteiger partial charge on any atom is -0.508 e. The molecule has 0 saturated carbocycles. The summed E-state index contributed by atoms with van der Waals surface area (Å²) in [7, 11) is 1.79. The van der Waals surface area contributed by atoms with E-state index in [2.05, 4.69) is 18.7 Å². The summed E-state index contributed by atoms with van der Waals surface area (Å²) in [5.74, 6) is 2.43. The van der Waals surface area contributed by atoms with Crippen LogP contribution in [0.15, 0.2) is 66.7 Å². The molecule has 0 amide bonds. The molecule has 3 aromatic carbocycles. The van der Waals surface area contributed by atoms with Crippen molar-refractivity contribution in [2.24, 2.45) is 5.92 Å². The molecule has 1 fully saturated rings. The SMILES string of the molecule is COC1CN(C(C)COc2ccc(C3Oc4ccc(O)cc4C(C)=C3c3cccc(O)c3)cc2)CC1C. The Hall–Kier alpha value is -3.48. The molecule has 194 valence electrons. The van der Waals surface area contributed by atoms with Gasteiger partial charge in [-0.3, -0.25) is 4.90 Å². The fourth-order valence-electron chi connectivity index (χ4n) is 5.42. The van der Waals surface area contributed by atoms with Crippen LogP contribution in [0, 0.1) is 5.92 Å². The van der Waals surface area contributed by atoms with Gasteiger partial charge in [0.1, 0.15) is 35.7 Å². The molecule has 5 rings (SSSR count). The summed E-state index contributed by atoms with van der Waals surface area (Å²) in [5, 5.41) is 20.2. The zero-order valence-corrected chi connectivity index (χ0v) is 21.8. The average Bonchev–Trinajstić information content (AvgIpc) is 3.28. The zero-order valence-electron chi connectivity index (χ0n) is 21.8. The topological polar surface area (TPSA) is 71.4 Å². The predicted octanol–water partition coefficient (Wildman–Crippen LogP) is 5.90. The molecule has 0 radical (unpaired) electrons. The summed E-state index contributed by atoms with van der Waals surface area (Å²) in [6.45, 7) is 9.01. The van der Waals surface area contributed by atoms with Crippen LogP contribution in [-0.2, 0) is 4.74 Å². The highest BCUT2D eigenvalue weighted by Crippen LogP contribution is 2.47. The van der Waals surface area contributed by atoms with Crippen molar-refractivity contribution < 1.29 is 24.4 Å². The van der Waals surface area contributed by atoms with Crippen LogP contribution in [0.2, 0.25) is 0 Å². The Kier molecular flexibility index (Phi) is 7.13. The summed E-state index contributed by atoms with van der Waals surface area (Å²) in [6.07, 6.45) is -0.0903. The number of rotatable bonds is 7. The average molecular weight is 502 g/mol. The Labute approximate surface area is 218 Å². The Bertz CT molecular complexity index is 1290. The van der Waals surface area contributed by atoms with E-state index in [0.717, 1.165) is 46.7 Å². The van der Waals surface area contributed by atoms with Crippen LogP contribution < -0.4 is 9.47 Å². The Balaban J connectivity index is 1.37. The third kappa shape index (κ3) is 5.17. The lowest BCUT2D eigenvalue weighted by atomic mass is 9.86. The normalized spacial score (nSPS) is 22.4. The number of aromatic hydroxyl groups is 2. The van der Waals surface area contributed by atoms with Gasteiger partial charge in [-0.05, 0) is 78.9 Å². The van der Waals surface area contributed by atoms with Crippen molar-refractivity contribution >= 4 is 11.1 Å². The number of allylic oxidation sites excluding steroid dienone is 1. The maximum atomic E-state index is 10.2. The van der Waals surface area contributed by atoms with Crippen LogP contribution in [0.5, 0.6) is 23.0 Å². The van der Waals surface area contributed by atoms with Crippen molar-refractivity contribution in [2.45, 2.75) is 39.0 Å². The highest BCUT2D eigenvalue weighted by molar-refractivity contribution is 5.95. The summed E-state index contributed by atoms with van der Waals surface area (Å²) < 4.78 is 18.2. The van der Waals surface area contributed by atoms with Crippen LogP contribution >= 0.6 is 0 Å². The highest BCUT2D eigenvalue weighted by atomic mass is 16.5. The van der Waals surface area contributed by atoms with Crippen LogP contribution in [0.25, 0.3) is 11.1 Å². The number of benzene rings is 3. The molecule has 3 aromatic rings. The van der Waals surface area contributed by atoms with E-state index in [0.29, 0.717) is 24.3 Å². The summed E-state index contributed by atoms with van der Waals surface area (Å²) >= 11 is 0. The van der Waals surface area contributed by atoms with Crippen LogP contribution in [-0.4, -0.2) is 54.1 Å². The predicted molar refractivity (Wildman–Crippen MR) is 145 cm³/mol. The highest BCUT2D eigenvalue weighted by Gasteiger charge is 2.32. The van der Waals surface area contributed by atoms with Crippen LogP contribution in [0.4, 0.5) is 0 Å². The number of phenols is 2. The van der Waals surface area contributed by atoms with Gasteiger partial charge in [-0.15, -0.1) is 0 Å². The molecule has 0 aliphatic carbocycles. The lowest BCUT2D eigenvalue weighted by Crippen LogP contribution is -2.36. The van der Waals surface area contributed by atoms with E-state index >= 15 is 0 Å². The van der Waals surface area contributed by atoms with Crippen molar-refractivity contribution in [3.63, 3.8) is 0 Å². The van der Waals surface area contributed by atoms with E-state index in [1.165, 1.54) is 0 Å². The van der Waals surface area contributed by atoms with E-state index in [1.807, 2.05) is 43.3 Å². The second-order valence-electron chi connectivity index (χ2n) is 10.2. The first-order valence-electron chi connectivity index (χ1n) is 12.8. The van der Waals surface area contributed by atoms with Gasteiger partial charge in [-0.1, -0.05) is 31.2 Å². The second kappa shape index (κ2) is 10.5. The minimum atomic E-state index is -0.371. The molecule has 2 N–H and O–H groups in total. The molecular formula is C31H35NO5. The maximum Gasteiger partial charge on any atom is 0.150 e. The number of methoxy groups -OCH3 is 1. The quantitative estimate of drug-likeness (QED) is 0.420. The molecule has 2 heterocycles. The number of ether oxygens (including phenoxy) is 3. The molecule has 1 saturated heterocycles. The van der Waals surface area contributed by atoms with Crippen molar-refractivity contribution in [1.29, 1.82) is 0 Å². The Morgan fingerprint density at radius 1 is 1.00 bits per heavy atom. The molecule has 6 nitrogen and oxygen atoms in total. The van der Waals surface area contributed by atoms with E-state index in [9.17, 15) is 10.2 Å². The van der Waals surface area contributed by atoms with Crippen molar-refractivity contribution in [2.75, 3.05) is 26.8 Å². The van der Waals surface area contributed by atoms with Gasteiger partial charge in [0.2, 0.25) is 0 Å². The van der Waals surface area contributed by atoms with Gasteiger partial charge in [0.05, 0.1) is 6.10 Å². The molecule has 6 heteroatoms. The Morgan fingerprint density at radius 2 is 1.76 bits per heavy atom. The van der Waals surface area contributed by atoms with E-state index in [1.54, 1.807) is 37.4 Å². The molecule has 2 aliphatic rings. The fraction of sp³-hybridized carbons (Fsp3) is 0.355. The third-order valence-corrected chi connectivity index (χ3v) is 7.61. The Morgan fingerprint density at radius 3 is 2.46 bits per heavy atom. The second-order valence-corrected chi connectivity index (χ2v) is 10.2. The number of phenolic OH excluding ortho intramolecular Hbond substituents is 2. The molecule has 0 spiro atoms. The van der Waals surface area contributed by atoms with Crippen molar-refractivity contribution in [3.8, 4) is 23.0 Å². The largest absolute Gasteiger partial charge is 0.508 e. The number of nitrogens with zero attached hydrogens (tertiary/aromatic N) is 1. The minimum absolute atomic E-state index is 0.187. The molecule has 37 heavy (non-hydrogen) atoms. The van der Waals surface area contributed by atoms with Crippen molar-refractivity contribution in [1.82, 2.24) is 4.90 Å². The van der Waals surface area contributed by atoms with Crippen LogP contribution in [0.1, 0.15) is 43.6 Å². The number of hydrogen-bond acceptors (Lipinski definition) is 6. The van der Waals surface area contributed by atoms with Gasteiger partial charge in [0.25, 0.3) is 0 Å².